The lowest BCUT2D eigenvalue weighted by Gasteiger charge is -2.14. The summed E-state index contributed by atoms with van der Waals surface area (Å²) >= 11 is 0. The lowest BCUT2D eigenvalue weighted by atomic mass is 10.1. The molecule has 3 rings (SSSR count). The van der Waals surface area contributed by atoms with Crippen molar-refractivity contribution in [2.24, 2.45) is 7.05 Å². The van der Waals surface area contributed by atoms with E-state index in [1.54, 1.807) is 0 Å². The van der Waals surface area contributed by atoms with E-state index in [1.807, 2.05) is 0 Å². The summed E-state index contributed by atoms with van der Waals surface area (Å²) in [4.78, 5) is 0. The highest BCUT2D eigenvalue weighted by molar-refractivity contribution is 5.36. The molecule has 0 amide bonds. The first-order valence-electron chi connectivity index (χ1n) is 5.56. The predicted octanol–water partition coefficient (Wildman–Crippen LogP) is 1.48. The third-order valence-corrected chi connectivity index (χ3v) is 3.79. The maximum atomic E-state index is 8.19. The van der Waals surface area contributed by atoms with Crippen molar-refractivity contribution in [1.82, 2.24) is 4.57 Å². The van der Waals surface area contributed by atoms with Gasteiger partial charge in [-0.15, -0.1) is 0 Å². The van der Waals surface area contributed by atoms with E-state index >= 15 is 0 Å². The molecule has 1 N–H and O–H groups in total. The fraction of sp³-hybridized carbons (Fsp3) is 0.583. The van der Waals surface area contributed by atoms with E-state index < -0.39 is 0 Å². The molecule has 0 aliphatic heterocycles. The zero-order valence-corrected chi connectivity index (χ0v) is 8.69. The maximum Gasteiger partial charge on any atom is 0.0638 e. The Morgan fingerprint density at radius 1 is 0.929 bits per heavy atom. The van der Waals surface area contributed by atoms with Crippen molar-refractivity contribution in [3.8, 4) is 0 Å². The van der Waals surface area contributed by atoms with Crippen LogP contribution in [0.5, 0.6) is 0 Å². The molecule has 0 fully saturated rings. The Morgan fingerprint density at radius 2 is 1.43 bits per heavy atom. The van der Waals surface area contributed by atoms with Gasteiger partial charge in [-0.05, 0) is 49.7 Å². The molecule has 0 radical (unpaired) electrons. The number of nitrogens with zero attached hydrogens (tertiary/aromatic N) is 1. The summed E-state index contributed by atoms with van der Waals surface area (Å²) in [7, 11) is 2.19. The zero-order valence-electron chi connectivity index (χ0n) is 8.69. The Morgan fingerprint density at radius 3 is 1.93 bits per heavy atom. The summed E-state index contributed by atoms with van der Waals surface area (Å²) in [5.41, 5.74) is 5.56. The molecule has 1 aromatic rings. The van der Waals surface area contributed by atoms with Gasteiger partial charge in [-0.1, -0.05) is 0 Å². The number of nitrogens with one attached hydrogen (secondary N) is 1. The van der Waals surface area contributed by atoms with E-state index in [0.717, 1.165) is 18.2 Å². The second kappa shape index (κ2) is 2.72. The Labute approximate surface area is 84.1 Å². The van der Waals surface area contributed by atoms with E-state index in [-0.39, 0.29) is 0 Å². The van der Waals surface area contributed by atoms with Gasteiger partial charge in [0.05, 0.1) is 5.36 Å². The molecule has 0 saturated carbocycles. The lowest BCUT2D eigenvalue weighted by molar-refractivity contribution is 0.749. The van der Waals surface area contributed by atoms with Crippen molar-refractivity contribution in [3.05, 3.63) is 27.9 Å². The molecule has 0 spiro atoms. The monoisotopic (exact) mass is 188 g/mol. The lowest BCUT2D eigenvalue weighted by Crippen LogP contribution is -2.20. The Hall–Kier alpha value is -1.05. The van der Waals surface area contributed by atoms with Crippen molar-refractivity contribution < 1.29 is 0 Å². The van der Waals surface area contributed by atoms with Crippen LogP contribution < -0.4 is 5.36 Å². The van der Waals surface area contributed by atoms with Gasteiger partial charge >= 0.3 is 0 Å². The van der Waals surface area contributed by atoms with Gasteiger partial charge in [0.1, 0.15) is 0 Å². The molecule has 1 aromatic heterocycles. The third kappa shape index (κ3) is 0.887. The normalized spacial score (nSPS) is 18.4. The smallest absolute Gasteiger partial charge is 0.0638 e. The molecular formula is C12H16N2. The molecule has 2 aliphatic rings. The minimum absolute atomic E-state index is 0.878. The molecule has 2 nitrogen and oxygen atoms in total. The molecule has 0 saturated heterocycles. The Balaban J connectivity index is 2.39. The highest BCUT2D eigenvalue weighted by Gasteiger charge is 2.23. The molecule has 2 heteroatoms. The summed E-state index contributed by atoms with van der Waals surface area (Å²) in [6.07, 6.45) is 7.14. The van der Waals surface area contributed by atoms with E-state index in [2.05, 4.69) is 11.6 Å². The number of pyridine rings is 1. The van der Waals surface area contributed by atoms with Gasteiger partial charge in [0, 0.05) is 18.4 Å². The first kappa shape index (κ1) is 8.27. The van der Waals surface area contributed by atoms with Crippen LogP contribution in [-0.4, -0.2) is 4.57 Å². The van der Waals surface area contributed by atoms with Gasteiger partial charge in [-0.2, -0.15) is 0 Å². The fourth-order valence-corrected chi connectivity index (χ4v) is 3.08. The minimum Gasteiger partial charge on any atom is -0.351 e. The number of hydrogen-bond acceptors (Lipinski definition) is 1. The molecule has 0 aromatic carbocycles. The van der Waals surface area contributed by atoms with Crippen LogP contribution in [-0.2, 0) is 32.7 Å². The average molecular weight is 188 g/mol. The fourth-order valence-electron chi connectivity index (χ4n) is 3.08. The van der Waals surface area contributed by atoms with Crippen molar-refractivity contribution in [1.29, 1.82) is 5.41 Å². The second-order valence-corrected chi connectivity index (χ2v) is 4.49. The molecule has 14 heavy (non-hydrogen) atoms. The summed E-state index contributed by atoms with van der Waals surface area (Å²) in [5, 5.41) is 9.07. The zero-order chi connectivity index (χ0) is 9.71. The van der Waals surface area contributed by atoms with Gasteiger partial charge in [-0.25, -0.2) is 0 Å². The van der Waals surface area contributed by atoms with Crippen molar-refractivity contribution in [2.75, 3.05) is 0 Å². The number of aromatic nitrogens is 1. The Bertz CT molecular complexity index is 416. The SMILES string of the molecule is Cn1c2c(c(=N)c3c1CCC3)CCC2. The first-order chi connectivity index (χ1) is 6.79. The summed E-state index contributed by atoms with van der Waals surface area (Å²) in [6, 6.07) is 0. The van der Waals surface area contributed by atoms with Crippen molar-refractivity contribution >= 4 is 0 Å². The van der Waals surface area contributed by atoms with Gasteiger partial charge in [0.2, 0.25) is 0 Å². The minimum atomic E-state index is 0.878. The Kier molecular flexibility index (Phi) is 1.61. The van der Waals surface area contributed by atoms with E-state index in [0.29, 0.717) is 0 Å². The molecule has 0 bridgehead atoms. The van der Waals surface area contributed by atoms with E-state index in [9.17, 15) is 0 Å². The first-order valence-corrected chi connectivity index (χ1v) is 5.56. The molecular weight excluding hydrogens is 172 g/mol. The van der Waals surface area contributed by atoms with Crippen LogP contribution in [0.15, 0.2) is 0 Å². The van der Waals surface area contributed by atoms with E-state index in [1.165, 1.54) is 48.2 Å². The van der Waals surface area contributed by atoms with Gasteiger partial charge in [0.15, 0.2) is 0 Å². The van der Waals surface area contributed by atoms with Crippen LogP contribution in [0.2, 0.25) is 0 Å². The van der Waals surface area contributed by atoms with Crippen LogP contribution in [0.1, 0.15) is 35.4 Å². The van der Waals surface area contributed by atoms with Crippen molar-refractivity contribution in [3.63, 3.8) is 0 Å². The predicted molar refractivity (Wildman–Crippen MR) is 55.3 cm³/mol. The van der Waals surface area contributed by atoms with Crippen LogP contribution in [0.25, 0.3) is 0 Å². The summed E-state index contributed by atoms with van der Waals surface area (Å²) < 4.78 is 2.38. The van der Waals surface area contributed by atoms with Crippen molar-refractivity contribution in [2.45, 2.75) is 38.5 Å². The topological polar surface area (TPSA) is 28.8 Å². The number of fused-ring (bicyclic) bond motifs is 2. The molecule has 74 valence electrons. The van der Waals surface area contributed by atoms with Crippen LogP contribution >= 0.6 is 0 Å². The molecule has 0 atom stereocenters. The maximum absolute atomic E-state index is 8.19. The van der Waals surface area contributed by atoms with Gasteiger partial charge in [-0.3, -0.25) is 0 Å². The van der Waals surface area contributed by atoms with Gasteiger partial charge < -0.3 is 9.98 Å². The second-order valence-electron chi connectivity index (χ2n) is 4.49. The largest absolute Gasteiger partial charge is 0.351 e. The van der Waals surface area contributed by atoms with Crippen LogP contribution in [0.3, 0.4) is 0 Å². The molecule has 0 unspecified atom stereocenters. The highest BCUT2D eigenvalue weighted by atomic mass is 15.0. The number of rotatable bonds is 0. The quantitative estimate of drug-likeness (QED) is 0.639. The van der Waals surface area contributed by atoms with Gasteiger partial charge in [0.25, 0.3) is 0 Å². The summed E-state index contributed by atoms with van der Waals surface area (Å²) in [6.45, 7) is 0. The summed E-state index contributed by atoms with van der Waals surface area (Å²) in [5.74, 6) is 0. The number of hydrogen-bond donors (Lipinski definition) is 1. The molecule has 2 aliphatic carbocycles. The van der Waals surface area contributed by atoms with E-state index in [4.69, 9.17) is 5.41 Å². The standard InChI is InChI=1S/C12H16N2/c1-14-10-6-2-4-8(10)12(13)9-5-3-7-11(9)14/h13H,2-7H2,1H3. The average Bonchev–Trinajstić information content (AvgIpc) is 2.82. The molecule has 1 heterocycles. The highest BCUT2D eigenvalue weighted by Crippen LogP contribution is 2.25. The van der Waals surface area contributed by atoms with Crippen LogP contribution in [0, 0.1) is 5.41 Å². The third-order valence-electron chi connectivity index (χ3n) is 3.79. The van der Waals surface area contributed by atoms with Crippen LogP contribution in [0.4, 0.5) is 0 Å².